The van der Waals surface area contributed by atoms with E-state index in [9.17, 15) is 10.1 Å². The summed E-state index contributed by atoms with van der Waals surface area (Å²) in [6.45, 7) is 5.69. The average Bonchev–Trinajstić information content (AvgIpc) is 2.68. The molecule has 1 aromatic heterocycles. The van der Waals surface area contributed by atoms with Gasteiger partial charge >= 0.3 is 5.69 Å². The molecule has 0 saturated carbocycles. The molecule has 2 heterocycles. The van der Waals surface area contributed by atoms with E-state index >= 15 is 0 Å². The lowest BCUT2D eigenvalue weighted by atomic mass is 10.2. The second kappa shape index (κ2) is 8.46. The molecule has 0 amide bonds. The number of nitro groups is 1. The first-order valence-corrected chi connectivity index (χ1v) is 8.99. The zero-order valence-electron chi connectivity index (χ0n) is 15.0. The Bertz CT molecular complexity index is 732. The highest BCUT2D eigenvalue weighted by Crippen LogP contribution is 2.32. The summed E-state index contributed by atoms with van der Waals surface area (Å²) in [4.78, 5) is 23.8. The Morgan fingerprint density at radius 2 is 1.81 bits per heavy atom. The second-order valence-electron chi connectivity index (χ2n) is 6.24. The Labute approximate surface area is 153 Å². The molecule has 1 aliphatic heterocycles. The predicted molar refractivity (Wildman–Crippen MR) is 103 cm³/mol. The molecule has 3 rings (SSSR count). The molecule has 0 aliphatic carbocycles. The summed E-state index contributed by atoms with van der Waals surface area (Å²) in [5.41, 5.74) is 1.14. The van der Waals surface area contributed by atoms with Crippen LogP contribution in [0.4, 0.5) is 23.0 Å². The van der Waals surface area contributed by atoms with Crippen molar-refractivity contribution < 1.29 is 4.92 Å². The van der Waals surface area contributed by atoms with Gasteiger partial charge in [-0.05, 0) is 18.6 Å². The molecule has 0 radical (unpaired) electrons. The minimum Gasteiger partial charge on any atom is -0.368 e. The molecule has 8 nitrogen and oxygen atoms in total. The molecule has 0 unspecified atom stereocenters. The molecule has 1 saturated heterocycles. The van der Waals surface area contributed by atoms with Crippen molar-refractivity contribution in [3.63, 3.8) is 0 Å². The highest BCUT2D eigenvalue weighted by Gasteiger charge is 2.29. The molecule has 26 heavy (non-hydrogen) atoms. The minimum absolute atomic E-state index is 0.0308. The first kappa shape index (κ1) is 17.9. The second-order valence-corrected chi connectivity index (χ2v) is 6.24. The van der Waals surface area contributed by atoms with Crippen molar-refractivity contribution >= 4 is 23.0 Å². The first-order valence-electron chi connectivity index (χ1n) is 8.99. The van der Waals surface area contributed by atoms with Crippen LogP contribution in [0.2, 0.25) is 0 Å². The predicted octanol–water partition coefficient (Wildman–Crippen LogP) is 2.92. The summed E-state index contributed by atoms with van der Waals surface area (Å²) in [6, 6.07) is 10.2. The Kier molecular flexibility index (Phi) is 5.83. The maximum absolute atomic E-state index is 11.7. The van der Waals surface area contributed by atoms with E-state index in [4.69, 9.17) is 0 Å². The van der Waals surface area contributed by atoms with Gasteiger partial charge in [-0.2, -0.15) is 0 Å². The van der Waals surface area contributed by atoms with E-state index in [1.54, 1.807) is 0 Å². The lowest BCUT2D eigenvalue weighted by Crippen LogP contribution is -2.47. The lowest BCUT2D eigenvalue weighted by molar-refractivity contribution is -0.383. The van der Waals surface area contributed by atoms with Crippen molar-refractivity contribution in [3.05, 3.63) is 46.8 Å². The molecule has 1 N–H and O–H groups in total. The molecule has 138 valence electrons. The maximum atomic E-state index is 11.7. The third kappa shape index (κ3) is 4.01. The number of unbranched alkanes of at least 4 members (excludes halogenated alkanes) is 1. The Hall–Kier alpha value is -2.90. The van der Waals surface area contributed by atoms with Crippen LogP contribution >= 0.6 is 0 Å². The van der Waals surface area contributed by atoms with Crippen LogP contribution in [0.25, 0.3) is 0 Å². The van der Waals surface area contributed by atoms with Crippen LogP contribution in [0.3, 0.4) is 0 Å². The van der Waals surface area contributed by atoms with Gasteiger partial charge in [0.1, 0.15) is 6.33 Å². The summed E-state index contributed by atoms with van der Waals surface area (Å²) in [5, 5.41) is 14.7. The molecule has 1 aromatic carbocycles. The van der Waals surface area contributed by atoms with Gasteiger partial charge < -0.3 is 15.1 Å². The number of anilines is 3. The van der Waals surface area contributed by atoms with Gasteiger partial charge in [-0.25, -0.2) is 9.97 Å². The zero-order chi connectivity index (χ0) is 18.4. The van der Waals surface area contributed by atoms with Gasteiger partial charge in [0.25, 0.3) is 0 Å². The van der Waals surface area contributed by atoms with Crippen molar-refractivity contribution in [1.82, 2.24) is 9.97 Å². The monoisotopic (exact) mass is 356 g/mol. The number of rotatable bonds is 7. The van der Waals surface area contributed by atoms with E-state index in [0.29, 0.717) is 31.3 Å². The quantitative estimate of drug-likeness (QED) is 0.463. The number of nitrogens with one attached hydrogen (secondary N) is 1. The Balaban J connectivity index is 1.75. The van der Waals surface area contributed by atoms with Crippen molar-refractivity contribution in [2.24, 2.45) is 0 Å². The maximum Gasteiger partial charge on any atom is 0.353 e. The number of hydrogen-bond acceptors (Lipinski definition) is 7. The highest BCUT2D eigenvalue weighted by atomic mass is 16.6. The van der Waals surface area contributed by atoms with Gasteiger partial charge in [-0.1, -0.05) is 31.5 Å². The summed E-state index contributed by atoms with van der Waals surface area (Å²) in [5.74, 6) is 0.704. The Morgan fingerprint density at radius 1 is 1.12 bits per heavy atom. The normalized spacial score (nSPS) is 14.3. The van der Waals surface area contributed by atoms with Gasteiger partial charge in [0.2, 0.25) is 11.6 Å². The standard InChI is InChI=1S/C18H24N6O2/c1-2-3-9-19-17-16(24(25)26)18(21-14-20-17)23-12-10-22(11-13-23)15-7-5-4-6-8-15/h4-8,14H,2-3,9-13H2,1H3,(H,19,20,21). The third-order valence-electron chi connectivity index (χ3n) is 4.51. The van der Waals surface area contributed by atoms with Crippen LogP contribution in [0.15, 0.2) is 36.7 Å². The van der Waals surface area contributed by atoms with E-state index in [0.717, 1.165) is 25.9 Å². The Morgan fingerprint density at radius 3 is 2.46 bits per heavy atom. The van der Waals surface area contributed by atoms with E-state index in [2.05, 4.69) is 39.2 Å². The van der Waals surface area contributed by atoms with E-state index < -0.39 is 0 Å². The number of nitrogens with zero attached hydrogens (tertiary/aromatic N) is 5. The molecular formula is C18H24N6O2. The van der Waals surface area contributed by atoms with Crippen molar-refractivity contribution in [2.75, 3.05) is 47.8 Å². The molecule has 2 aromatic rings. The van der Waals surface area contributed by atoms with Crippen LogP contribution in [0.5, 0.6) is 0 Å². The third-order valence-corrected chi connectivity index (χ3v) is 4.51. The summed E-state index contributed by atoms with van der Waals surface area (Å²) >= 11 is 0. The van der Waals surface area contributed by atoms with Crippen LogP contribution < -0.4 is 15.1 Å². The van der Waals surface area contributed by atoms with Crippen LogP contribution in [0.1, 0.15) is 19.8 Å². The fraction of sp³-hybridized carbons (Fsp3) is 0.444. The van der Waals surface area contributed by atoms with Crippen LogP contribution in [-0.2, 0) is 0 Å². The largest absolute Gasteiger partial charge is 0.368 e. The summed E-state index contributed by atoms with van der Waals surface area (Å²) in [6.07, 6.45) is 3.35. The van der Waals surface area contributed by atoms with Gasteiger partial charge in [0.15, 0.2) is 0 Å². The SMILES string of the molecule is CCCCNc1ncnc(N2CCN(c3ccccc3)CC2)c1[N+](=O)[O-]. The van der Waals surface area contributed by atoms with Crippen molar-refractivity contribution in [3.8, 4) is 0 Å². The fourth-order valence-corrected chi connectivity index (χ4v) is 3.10. The number of aromatic nitrogens is 2. The van der Waals surface area contributed by atoms with Crippen molar-refractivity contribution in [2.45, 2.75) is 19.8 Å². The molecule has 8 heteroatoms. The molecule has 0 atom stereocenters. The van der Waals surface area contributed by atoms with E-state index in [1.807, 2.05) is 23.1 Å². The smallest absolute Gasteiger partial charge is 0.353 e. The van der Waals surface area contributed by atoms with Crippen LogP contribution in [-0.4, -0.2) is 47.6 Å². The van der Waals surface area contributed by atoms with Gasteiger partial charge in [-0.15, -0.1) is 0 Å². The molecule has 0 bridgehead atoms. The van der Waals surface area contributed by atoms with Crippen molar-refractivity contribution in [1.29, 1.82) is 0 Å². The molecule has 0 spiro atoms. The topological polar surface area (TPSA) is 87.4 Å². The van der Waals surface area contributed by atoms with Gasteiger partial charge in [0, 0.05) is 38.4 Å². The number of benzene rings is 1. The number of hydrogen-bond donors (Lipinski definition) is 1. The fourth-order valence-electron chi connectivity index (χ4n) is 3.10. The number of piperazine rings is 1. The molecular weight excluding hydrogens is 332 g/mol. The lowest BCUT2D eigenvalue weighted by Gasteiger charge is -2.36. The van der Waals surface area contributed by atoms with Crippen LogP contribution in [0, 0.1) is 10.1 Å². The van der Waals surface area contributed by atoms with E-state index in [-0.39, 0.29) is 10.6 Å². The first-order chi connectivity index (χ1) is 12.7. The summed E-state index contributed by atoms with van der Waals surface area (Å²) < 4.78 is 0. The summed E-state index contributed by atoms with van der Waals surface area (Å²) in [7, 11) is 0. The highest BCUT2D eigenvalue weighted by molar-refractivity contribution is 5.70. The molecule has 1 fully saturated rings. The number of para-hydroxylation sites is 1. The van der Waals surface area contributed by atoms with Gasteiger partial charge in [-0.3, -0.25) is 10.1 Å². The average molecular weight is 356 g/mol. The minimum atomic E-state index is -0.382. The van der Waals surface area contributed by atoms with Gasteiger partial charge in [0.05, 0.1) is 4.92 Å². The molecule has 1 aliphatic rings. The zero-order valence-corrected chi connectivity index (χ0v) is 15.0. The van der Waals surface area contributed by atoms with E-state index in [1.165, 1.54) is 12.0 Å².